The van der Waals surface area contributed by atoms with E-state index in [1.54, 1.807) is 0 Å². The fraction of sp³-hybridized carbons (Fsp3) is 0.632. The first-order valence-electron chi connectivity index (χ1n) is 8.71. The predicted molar refractivity (Wildman–Crippen MR) is 85.4 cm³/mol. The van der Waals surface area contributed by atoms with Crippen molar-refractivity contribution in [2.24, 2.45) is 11.3 Å². The molecule has 1 aliphatic carbocycles. The number of hydrogen-bond donors (Lipinski definition) is 1. The molecule has 2 aliphatic heterocycles. The van der Waals surface area contributed by atoms with E-state index >= 15 is 0 Å². The number of hydrogen-bond acceptors (Lipinski definition) is 2. The molecule has 2 bridgehead atoms. The predicted octanol–water partition coefficient (Wildman–Crippen LogP) is 3.08. The van der Waals surface area contributed by atoms with Gasteiger partial charge in [-0.05, 0) is 49.5 Å². The van der Waals surface area contributed by atoms with E-state index in [0.717, 1.165) is 32.2 Å². The fourth-order valence-electron chi connectivity index (χ4n) is 4.44. The zero-order chi connectivity index (χ0) is 15.0. The van der Waals surface area contributed by atoms with E-state index in [-0.39, 0.29) is 23.3 Å². The van der Waals surface area contributed by atoms with E-state index in [1.165, 1.54) is 24.8 Å². The van der Waals surface area contributed by atoms with E-state index in [4.69, 9.17) is 4.74 Å². The van der Waals surface area contributed by atoms with Crippen molar-refractivity contribution < 1.29 is 9.53 Å². The van der Waals surface area contributed by atoms with Gasteiger partial charge in [-0.3, -0.25) is 4.79 Å². The maximum atomic E-state index is 12.5. The molecule has 3 nitrogen and oxygen atoms in total. The van der Waals surface area contributed by atoms with Crippen LogP contribution in [-0.4, -0.2) is 24.7 Å². The largest absolute Gasteiger partial charge is 0.374 e. The third-order valence-electron chi connectivity index (χ3n) is 5.92. The van der Waals surface area contributed by atoms with Crippen LogP contribution in [0.5, 0.6) is 0 Å². The van der Waals surface area contributed by atoms with Gasteiger partial charge >= 0.3 is 0 Å². The summed E-state index contributed by atoms with van der Waals surface area (Å²) in [6.45, 7) is 0.828. The van der Waals surface area contributed by atoms with E-state index < -0.39 is 0 Å². The molecule has 3 heteroatoms. The van der Waals surface area contributed by atoms with Crippen LogP contribution in [0.3, 0.4) is 0 Å². The quantitative estimate of drug-likeness (QED) is 0.907. The molecular weight excluding hydrogens is 274 g/mol. The molecule has 0 spiro atoms. The van der Waals surface area contributed by atoms with Gasteiger partial charge in [0.05, 0.1) is 18.1 Å². The van der Waals surface area contributed by atoms with Crippen molar-refractivity contribution in [3.8, 4) is 0 Å². The second-order valence-electron chi connectivity index (χ2n) is 7.45. The molecule has 3 aliphatic rings. The van der Waals surface area contributed by atoms with Gasteiger partial charge in [0.2, 0.25) is 5.91 Å². The second kappa shape index (κ2) is 5.69. The number of carbonyl (C=O) groups is 1. The van der Waals surface area contributed by atoms with Crippen molar-refractivity contribution in [1.29, 1.82) is 0 Å². The topological polar surface area (TPSA) is 38.3 Å². The minimum Gasteiger partial charge on any atom is -0.374 e. The van der Waals surface area contributed by atoms with Crippen molar-refractivity contribution in [3.05, 3.63) is 35.9 Å². The first kappa shape index (κ1) is 14.3. The number of ether oxygens (including phenoxy) is 1. The monoisotopic (exact) mass is 299 g/mol. The highest BCUT2D eigenvalue weighted by atomic mass is 16.5. The van der Waals surface area contributed by atoms with Gasteiger partial charge < -0.3 is 10.1 Å². The lowest BCUT2D eigenvalue weighted by Gasteiger charge is -2.42. The Hall–Kier alpha value is -1.35. The van der Waals surface area contributed by atoms with Gasteiger partial charge in [-0.2, -0.15) is 0 Å². The lowest BCUT2D eigenvalue weighted by Crippen LogP contribution is -2.46. The lowest BCUT2D eigenvalue weighted by molar-refractivity contribution is -0.127. The molecule has 0 aromatic heterocycles. The van der Waals surface area contributed by atoms with Gasteiger partial charge in [0.15, 0.2) is 0 Å². The van der Waals surface area contributed by atoms with Crippen LogP contribution in [0.4, 0.5) is 0 Å². The zero-order valence-corrected chi connectivity index (χ0v) is 13.1. The summed E-state index contributed by atoms with van der Waals surface area (Å²) >= 11 is 0. The Labute approximate surface area is 132 Å². The molecule has 1 saturated carbocycles. The fourth-order valence-corrected chi connectivity index (χ4v) is 4.44. The Bertz CT molecular complexity index is 538. The molecule has 22 heavy (non-hydrogen) atoms. The van der Waals surface area contributed by atoms with Gasteiger partial charge in [-0.25, -0.2) is 0 Å². The van der Waals surface area contributed by atoms with Crippen molar-refractivity contribution in [3.63, 3.8) is 0 Å². The summed E-state index contributed by atoms with van der Waals surface area (Å²) in [4.78, 5) is 12.5. The zero-order valence-electron chi connectivity index (χ0n) is 13.1. The standard InChI is InChI=1S/C19H25NO2/c21-18(16-11-15-7-8-17(16)22-15)20-13-19(9-4-10-19)12-14-5-2-1-3-6-14/h1-3,5-6,15-17H,4,7-13H2,(H,20,21)/t15-,16-,17-/m1/s1. The molecule has 4 rings (SSSR count). The smallest absolute Gasteiger partial charge is 0.225 e. The Morgan fingerprint density at radius 3 is 2.64 bits per heavy atom. The summed E-state index contributed by atoms with van der Waals surface area (Å²) in [5.41, 5.74) is 1.68. The summed E-state index contributed by atoms with van der Waals surface area (Å²) in [6.07, 6.45) is 8.53. The minimum atomic E-state index is 0.104. The number of rotatable bonds is 5. The van der Waals surface area contributed by atoms with Crippen LogP contribution < -0.4 is 5.32 Å². The highest BCUT2D eigenvalue weighted by molar-refractivity contribution is 5.79. The first-order chi connectivity index (χ1) is 10.7. The molecule has 1 aromatic carbocycles. The number of benzene rings is 1. The lowest BCUT2D eigenvalue weighted by atomic mass is 9.65. The Morgan fingerprint density at radius 1 is 1.23 bits per heavy atom. The van der Waals surface area contributed by atoms with E-state index in [9.17, 15) is 4.79 Å². The molecule has 3 fully saturated rings. The molecule has 0 unspecified atom stereocenters. The minimum absolute atomic E-state index is 0.104. The molecule has 3 atom stereocenters. The molecule has 2 heterocycles. The third kappa shape index (κ3) is 2.67. The van der Waals surface area contributed by atoms with Gasteiger partial charge in [0.1, 0.15) is 0 Å². The number of amides is 1. The Balaban J connectivity index is 1.34. The van der Waals surface area contributed by atoms with Gasteiger partial charge in [0, 0.05) is 6.54 Å². The summed E-state index contributed by atoms with van der Waals surface area (Å²) in [6, 6.07) is 10.7. The summed E-state index contributed by atoms with van der Waals surface area (Å²) < 4.78 is 5.81. The van der Waals surface area contributed by atoms with Crippen molar-refractivity contribution in [1.82, 2.24) is 5.32 Å². The van der Waals surface area contributed by atoms with E-state index in [2.05, 4.69) is 35.6 Å². The van der Waals surface area contributed by atoms with Crippen LogP contribution >= 0.6 is 0 Å². The van der Waals surface area contributed by atoms with Crippen LogP contribution in [0.15, 0.2) is 30.3 Å². The van der Waals surface area contributed by atoms with Crippen LogP contribution in [0.2, 0.25) is 0 Å². The Kier molecular flexibility index (Phi) is 3.69. The molecule has 1 amide bonds. The summed E-state index contributed by atoms with van der Waals surface area (Å²) in [5.74, 6) is 0.333. The van der Waals surface area contributed by atoms with Crippen molar-refractivity contribution >= 4 is 5.91 Å². The maximum absolute atomic E-state index is 12.5. The average Bonchev–Trinajstić information content (AvgIpc) is 3.13. The van der Waals surface area contributed by atoms with Gasteiger partial charge in [-0.1, -0.05) is 36.8 Å². The summed E-state index contributed by atoms with van der Waals surface area (Å²) in [7, 11) is 0. The summed E-state index contributed by atoms with van der Waals surface area (Å²) in [5, 5.41) is 3.25. The molecule has 0 radical (unpaired) electrons. The molecule has 1 aromatic rings. The van der Waals surface area contributed by atoms with Crippen LogP contribution in [0.1, 0.15) is 44.1 Å². The number of fused-ring (bicyclic) bond motifs is 2. The van der Waals surface area contributed by atoms with Crippen LogP contribution in [0.25, 0.3) is 0 Å². The van der Waals surface area contributed by atoms with Gasteiger partial charge in [0.25, 0.3) is 0 Å². The molecule has 1 N–H and O–H groups in total. The van der Waals surface area contributed by atoms with E-state index in [1.807, 2.05) is 0 Å². The molecular formula is C19H25NO2. The maximum Gasteiger partial charge on any atom is 0.225 e. The molecule has 118 valence electrons. The highest BCUT2D eigenvalue weighted by Crippen LogP contribution is 2.44. The first-order valence-corrected chi connectivity index (χ1v) is 8.71. The third-order valence-corrected chi connectivity index (χ3v) is 5.92. The number of carbonyl (C=O) groups excluding carboxylic acids is 1. The van der Waals surface area contributed by atoms with Crippen molar-refractivity contribution in [2.75, 3.05) is 6.54 Å². The second-order valence-corrected chi connectivity index (χ2v) is 7.45. The van der Waals surface area contributed by atoms with Crippen molar-refractivity contribution in [2.45, 2.75) is 57.2 Å². The normalized spacial score (nSPS) is 31.7. The Morgan fingerprint density at radius 2 is 2.05 bits per heavy atom. The number of nitrogens with one attached hydrogen (secondary N) is 1. The van der Waals surface area contributed by atoms with Gasteiger partial charge in [-0.15, -0.1) is 0 Å². The van der Waals surface area contributed by atoms with Crippen LogP contribution in [0, 0.1) is 11.3 Å². The average molecular weight is 299 g/mol. The van der Waals surface area contributed by atoms with Crippen LogP contribution in [-0.2, 0) is 16.0 Å². The molecule has 2 saturated heterocycles. The SMILES string of the molecule is O=C(NCC1(Cc2ccccc2)CCC1)[C@@H]1C[C@H]2CC[C@H]1O2. The highest BCUT2D eigenvalue weighted by Gasteiger charge is 2.45. The van der Waals surface area contributed by atoms with E-state index in [0.29, 0.717) is 6.10 Å².